The summed E-state index contributed by atoms with van der Waals surface area (Å²) >= 11 is 2.29. The monoisotopic (exact) mass is 677 g/mol. The van der Waals surface area contributed by atoms with Crippen LogP contribution in [0.4, 0.5) is 0 Å². The first kappa shape index (κ1) is 28.1. The van der Waals surface area contributed by atoms with Crippen LogP contribution in [0.1, 0.15) is 30.4 Å². The molecule has 0 saturated carbocycles. The van der Waals surface area contributed by atoms with E-state index in [-0.39, 0.29) is 23.1 Å². The van der Waals surface area contributed by atoms with Crippen molar-refractivity contribution in [1.29, 1.82) is 0 Å². The molecule has 0 aromatic heterocycles. The van der Waals surface area contributed by atoms with Gasteiger partial charge in [0.25, 0.3) is 0 Å². The fourth-order valence-corrected chi connectivity index (χ4v) is 6.13. The van der Waals surface area contributed by atoms with Gasteiger partial charge in [0.05, 0.1) is 26.2 Å². The molecule has 3 heterocycles. The van der Waals surface area contributed by atoms with E-state index in [2.05, 4.69) is 34.7 Å². The van der Waals surface area contributed by atoms with Crippen molar-refractivity contribution in [2.75, 3.05) is 32.8 Å². The van der Waals surface area contributed by atoms with Gasteiger partial charge in [-0.05, 0) is 58.0 Å². The second-order valence-electron chi connectivity index (χ2n) is 10.1. The molecule has 6 rings (SSSR count). The molecule has 0 spiro atoms. The lowest BCUT2D eigenvalue weighted by molar-refractivity contribution is -0.946. The molecule has 1 unspecified atom stereocenters. The van der Waals surface area contributed by atoms with Crippen LogP contribution in [0.2, 0.25) is 0 Å². The maximum Gasteiger partial charge on any atom is 0.348 e. The van der Waals surface area contributed by atoms with Crippen molar-refractivity contribution in [1.82, 2.24) is 0 Å². The van der Waals surface area contributed by atoms with Crippen LogP contribution in [0, 0.1) is 9.49 Å². The Balaban J connectivity index is 0.00000320. The van der Waals surface area contributed by atoms with Crippen molar-refractivity contribution in [3.05, 3.63) is 99.6 Å². The second kappa shape index (κ2) is 12.3. The van der Waals surface area contributed by atoms with Crippen LogP contribution >= 0.6 is 22.6 Å². The molecule has 3 aromatic carbocycles. The fourth-order valence-electron chi connectivity index (χ4n) is 5.77. The van der Waals surface area contributed by atoms with E-state index in [9.17, 15) is 9.90 Å². The number of quaternary nitrogens is 1. The van der Waals surface area contributed by atoms with E-state index in [0.29, 0.717) is 23.7 Å². The summed E-state index contributed by atoms with van der Waals surface area (Å²) in [7, 11) is 0. The minimum atomic E-state index is -1.83. The predicted molar refractivity (Wildman–Crippen MR) is 147 cm³/mol. The Morgan fingerprint density at radius 1 is 0.919 bits per heavy atom. The standard InChI is InChI=1S/C30H33INO4.BrH/c31-26-12-14-27(15-13-26)35-21-7-18-32-19-16-23(17-20-32)28(22-32)36-29(33)30(34,24-8-3-1-4-9-24)25-10-5-2-6-11-25;/h1-6,8-15,23,28,34H,7,16-22H2;1H/q+1;/p-1. The number of ether oxygens (including phenoxy) is 2. The Labute approximate surface area is 243 Å². The molecule has 2 bridgehead atoms. The van der Waals surface area contributed by atoms with E-state index in [1.807, 2.05) is 48.5 Å². The molecule has 5 nitrogen and oxygen atoms in total. The zero-order chi connectivity index (χ0) is 25.0. The molecule has 0 radical (unpaired) electrons. The number of halogens is 2. The van der Waals surface area contributed by atoms with Gasteiger partial charge < -0.3 is 36.0 Å². The minimum absolute atomic E-state index is 0. The third kappa shape index (κ3) is 6.21. The Morgan fingerprint density at radius 3 is 2.05 bits per heavy atom. The molecule has 3 aliphatic rings. The van der Waals surface area contributed by atoms with E-state index in [1.165, 1.54) is 3.57 Å². The number of carbonyl (C=O) groups excluding carboxylic acids is 1. The average Bonchev–Trinajstić information content (AvgIpc) is 2.93. The van der Waals surface area contributed by atoms with Crippen molar-refractivity contribution >= 4 is 28.6 Å². The first-order valence-electron chi connectivity index (χ1n) is 12.8. The summed E-state index contributed by atoms with van der Waals surface area (Å²) in [5, 5.41) is 11.8. The lowest BCUT2D eigenvalue weighted by Gasteiger charge is -2.52. The molecule has 1 N–H and O–H groups in total. The highest BCUT2D eigenvalue weighted by molar-refractivity contribution is 14.1. The lowest BCUT2D eigenvalue weighted by atomic mass is 9.82. The number of hydrogen-bond donors (Lipinski definition) is 1. The van der Waals surface area contributed by atoms with Gasteiger partial charge in [-0.1, -0.05) is 60.7 Å². The second-order valence-corrected chi connectivity index (χ2v) is 11.3. The summed E-state index contributed by atoms with van der Waals surface area (Å²) in [5.74, 6) is 0.673. The van der Waals surface area contributed by atoms with Gasteiger partial charge in [-0.15, -0.1) is 0 Å². The third-order valence-corrected chi connectivity index (χ3v) is 8.56. The normalized spacial score (nSPS) is 22.6. The summed E-state index contributed by atoms with van der Waals surface area (Å²) < 4.78 is 14.3. The Bertz CT molecular complexity index is 1110. The molecule has 3 aliphatic heterocycles. The Kier molecular flexibility index (Phi) is 9.32. The van der Waals surface area contributed by atoms with Gasteiger partial charge in [-0.3, -0.25) is 0 Å². The SMILES string of the molecule is O=C(OC1C[N+]2(CCCOc3ccc(I)cc3)CCC1CC2)C(O)(c1ccccc1)c1ccccc1.[Br-]. The summed E-state index contributed by atoms with van der Waals surface area (Å²) in [4.78, 5) is 13.7. The quantitative estimate of drug-likeness (QED) is 0.163. The lowest BCUT2D eigenvalue weighted by Crippen LogP contribution is -3.00. The topological polar surface area (TPSA) is 55.8 Å². The molecule has 37 heavy (non-hydrogen) atoms. The number of benzene rings is 3. The number of aliphatic hydroxyl groups is 1. The largest absolute Gasteiger partial charge is 1.00 e. The molecule has 7 heteroatoms. The fraction of sp³-hybridized carbons (Fsp3) is 0.367. The predicted octanol–water partition coefficient (Wildman–Crippen LogP) is 2.15. The van der Waals surface area contributed by atoms with Crippen LogP contribution in [-0.2, 0) is 15.1 Å². The van der Waals surface area contributed by atoms with Crippen LogP contribution in [0.15, 0.2) is 84.9 Å². The molecule has 0 aliphatic carbocycles. The summed E-state index contributed by atoms with van der Waals surface area (Å²) in [6.07, 6.45) is 2.86. The third-order valence-electron chi connectivity index (χ3n) is 7.84. The number of carbonyl (C=O) groups is 1. The molecular formula is C30H33BrINO4. The van der Waals surface area contributed by atoms with Crippen molar-refractivity contribution < 1.29 is 40.8 Å². The van der Waals surface area contributed by atoms with Crippen LogP contribution in [0.3, 0.4) is 0 Å². The van der Waals surface area contributed by atoms with E-state index >= 15 is 0 Å². The van der Waals surface area contributed by atoms with Crippen LogP contribution < -0.4 is 21.7 Å². The Morgan fingerprint density at radius 2 is 1.49 bits per heavy atom. The van der Waals surface area contributed by atoms with Crippen molar-refractivity contribution in [2.24, 2.45) is 5.92 Å². The van der Waals surface area contributed by atoms with E-state index < -0.39 is 11.6 Å². The van der Waals surface area contributed by atoms with E-state index in [1.54, 1.807) is 24.3 Å². The maximum atomic E-state index is 13.7. The number of hydrogen-bond acceptors (Lipinski definition) is 4. The van der Waals surface area contributed by atoms with Crippen LogP contribution in [0.25, 0.3) is 0 Å². The first-order chi connectivity index (χ1) is 17.5. The van der Waals surface area contributed by atoms with Crippen LogP contribution in [-0.4, -0.2) is 54.4 Å². The number of esters is 1. The number of fused-ring (bicyclic) bond motifs is 3. The average molecular weight is 678 g/mol. The van der Waals surface area contributed by atoms with Gasteiger partial charge in [0.15, 0.2) is 6.10 Å². The first-order valence-corrected chi connectivity index (χ1v) is 13.8. The highest BCUT2D eigenvalue weighted by Gasteiger charge is 2.50. The highest BCUT2D eigenvalue weighted by atomic mass is 127. The van der Waals surface area contributed by atoms with Gasteiger partial charge in [-0.2, -0.15) is 0 Å². The molecule has 196 valence electrons. The zero-order valence-electron chi connectivity index (χ0n) is 20.8. The molecule has 1 atom stereocenters. The summed E-state index contributed by atoms with van der Waals surface area (Å²) in [6.45, 7) is 4.72. The highest BCUT2D eigenvalue weighted by Crippen LogP contribution is 2.38. The van der Waals surface area contributed by atoms with Crippen molar-refractivity contribution in [2.45, 2.75) is 31.0 Å². The van der Waals surface area contributed by atoms with Gasteiger partial charge >= 0.3 is 5.97 Å². The number of nitrogens with zero attached hydrogens (tertiary/aromatic N) is 1. The Hall–Kier alpha value is -1.94. The smallest absolute Gasteiger partial charge is 0.348 e. The molecule has 3 saturated heterocycles. The van der Waals surface area contributed by atoms with E-state index in [0.717, 1.165) is 55.7 Å². The maximum absolute atomic E-state index is 13.7. The molecule has 3 aromatic rings. The van der Waals surface area contributed by atoms with Gasteiger partial charge in [0, 0.05) is 28.8 Å². The van der Waals surface area contributed by atoms with Crippen molar-refractivity contribution in [3.8, 4) is 5.75 Å². The number of piperidine rings is 3. The van der Waals surface area contributed by atoms with Gasteiger partial charge in [0.2, 0.25) is 5.60 Å². The number of rotatable bonds is 9. The van der Waals surface area contributed by atoms with Crippen LogP contribution in [0.5, 0.6) is 5.75 Å². The molecule has 0 amide bonds. The minimum Gasteiger partial charge on any atom is -1.00 e. The van der Waals surface area contributed by atoms with E-state index in [4.69, 9.17) is 9.47 Å². The summed E-state index contributed by atoms with van der Waals surface area (Å²) in [5.41, 5.74) is -0.779. The molecule has 3 fully saturated rings. The van der Waals surface area contributed by atoms with Gasteiger partial charge in [0.1, 0.15) is 12.3 Å². The molecular weight excluding hydrogens is 645 g/mol. The van der Waals surface area contributed by atoms with Crippen molar-refractivity contribution in [3.63, 3.8) is 0 Å². The zero-order valence-corrected chi connectivity index (χ0v) is 24.5. The summed E-state index contributed by atoms with van der Waals surface area (Å²) in [6, 6.07) is 26.4. The van der Waals surface area contributed by atoms with Gasteiger partial charge in [-0.25, -0.2) is 4.79 Å².